The molecule has 0 aromatic rings. The number of hydrogen-bond acceptors (Lipinski definition) is 2. The van der Waals surface area contributed by atoms with Crippen LogP contribution in [0, 0.1) is 17.8 Å². The van der Waals surface area contributed by atoms with E-state index in [0.717, 1.165) is 23.8 Å². The first kappa shape index (κ1) is 14.0. The van der Waals surface area contributed by atoms with Crippen LogP contribution < -0.4 is 5.32 Å². The second kappa shape index (κ2) is 6.61. The van der Waals surface area contributed by atoms with Gasteiger partial charge in [-0.25, -0.2) is 0 Å². The van der Waals surface area contributed by atoms with Crippen LogP contribution in [0.1, 0.15) is 41.0 Å². The fourth-order valence-electron chi connectivity index (χ4n) is 2.91. The van der Waals surface area contributed by atoms with Gasteiger partial charge in [-0.05, 0) is 24.2 Å². The van der Waals surface area contributed by atoms with Crippen molar-refractivity contribution in [3.05, 3.63) is 0 Å². The Morgan fingerprint density at radius 1 is 1.19 bits per heavy atom. The number of nitrogens with zero attached hydrogens (tertiary/aromatic N) is 1. The summed E-state index contributed by atoms with van der Waals surface area (Å²) in [7, 11) is 0. The highest BCUT2D eigenvalue weighted by Gasteiger charge is 2.26. The van der Waals surface area contributed by atoms with Gasteiger partial charge in [0.1, 0.15) is 0 Å². The van der Waals surface area contributed by atoms with Crippen LogP contribution in [0.25, 0.3) is 0 Å². The Kier molecular flexibility index (Phi) is 5.77. The Balaban J connectivity index is 2.54. The van der Waals surface area contributed by atoms with E-state index >= 15 is 0 Å². The van der Waals surface area contributed by atoms with Crippen molar-refractivity contribution in [2.45, 2.75) is 47.1 Å². The average molecular weight is 226 g/mol. The van der Waals surface area contributed by atoms with E-state index in [0.29, 0.717) is 0 Å². The molecule has 1 aliphatic heterocycles. The molecular weight excluding hydrogens is 196 g/mol. The van der Waals surface area contributed by atoms with E-state index in [2.05, 4.69) is 44.8 Å². The summed E-state index contributed by atoms with van der Waals surface area (Å²) in [6, 6.07) is 0.758. The topological polar surface area (TPSA) is 15.3 Å². The normalized spacial score (nSPS) is 23.6. The summed E-state index contributed by atoms with van der Waals surface area (Å²) in [5.74, 6) is 2.44. The second-order valence-corrected chi connectivity index (χ2v) is 5.91. The van der Waals surface area contributed by atoms with E-state index in [1.54, 1.807) is 0 Å². The van der Waals surface area contributed by atoms with Gasteiger partial charge in [0.05, 0.1) is 0 Å². The van der Waals surface area contributed by atoms with E-state index in [1.165, 1.54) is 32.6 Å². The molecule has 1 unspecified atom stereocenters. The van der Waals surface area contributed by atoms with Gasteiger partial charge >= 0.3 is 0 Å². The summed E-state index contributed by atoms with van der Waals surface area (Å²) in [5.41, 5.74) is 0. The molecule has 2 heteroatoms. The van der Waals surface area contributed by atoms with Gasteiger partial charge < -0.3 is 5.32 Å². The lowest BCUT2D eigenvalue weighted by Crippen LogP contribution is -2.53. The van der Waals surface area contributed by atoms with Crippen molar-refractivity contribution in [1.29, 1.82) is 0 Å². The summed E-state index contributed by atoms with van der Waals surface area (Å²) >= 11 is 0. The molecule has 0 amide bonds. The Morgan fingerprint density at radius 3 is 2.31 bits per heavy atom. The van der Waals surface area contributed by atoms with Gasteiger partial charge in [-0.3, -0.25) is 4.90 Å². The van der Waals surface area contributed by atoms with E-state index in [9.17, 15) is 0 Å². The van der Waals surface area contributed by atoms with E-state index < -0.39 is 0 Å². The van der Waals surface area contributed by atoms with Gasteiger partial charge in [-0.2, -0.15) is 0 Å². The van der Waals surface area contributed by atoms with Gasteiger partial charge in [-0.15, -0.1) is 0 Å². The predicted octanol–water partition coefficient (Wildman–Crippen LogP) is 2.60. The molecule has 1 saturated heterocycles. The van der Waals surface area contributed by atoms with Gasteiger partial charge in [0.15, 0.2) is 0 Å². The number of piperazine rings is 1. The molecule has 1 aliphatic rings. The van der Waals surface area contributed by atoms with Crippen molar-refractivity contribution in [3.8, 4) is 0 Å². The molecule has 1 heterocycles. The number of nitrogens with one attached hydrogen (secondary N) is 1. The first-order valence-electron chi connectivity index (χ1n) is 7.01. The van der Waals surface area contributed by atoms with Crippen LogP contribution in [-0.4, -0.2) is 37.1 Å². The van der Waals surface area contributed by atoms with E-state index in [-0.39, 0.29) is 0 Å². The second-order valence-electron chi connectivity index (χ2n) is 5.91. The molecule has 1 atom stereocenters. The third kappa shape index (κ3) is 3.74. The SMILES string of the molecule is CCC1CNCCN1CC(C(C)C)C(C)C. The van der Waals surface area contributed by atoms with Crippen LogP contribution in [0.5, 0.6) is 0 Å². The highest BCUT2D eigenvalue weighted by Crippen LogP contribution is 2.23. The van der Waals surface area contributed by atoms with Crippen LogP contribution in [0.2, 0.25) is 0 Å². The Labute approximate surface area is 102 Å². The summed E-state index contributed by atoms with van der Waals surface area (Å²) in [4.78, 5) is 2.71. The quantitative estimate of drug-likeness (QED) is 0.775. The number of hydrogen-bond donors (Lipinski definition) is 1. The molecule has 16 heavy (non-hydrogen) atoms. The molecule has 0 radical (unpaired) electrons. The lowest BCUT2D eigenvalue weighted by molar-refractivity contribution is 0.101. The molecule has 96 valence electrons. The molecule has 1 rings (SSSR count). The Morgan fingerprint density at radius 2 is 1.81 bits per heavy atom. The molecule has 0 aliphatic carbocycles. The van der Waals surface area contributed by atoms with E-state index in [1.807, 2.05) is 0 Å². The largest absolute Gasteiger partial charge is 0.314 e. The van der Waals surface area contributed by atoms with Crippen LogP contribution in [-0.2, 0) is 0 Å². The third-order valence-corrected chi connectivity index (χ3v) is 4.10. The first-order valence-corrected chi connectivity index (χ1v) is 7.01. The smallest absolute Gasteiger partial charge is 0.0218 e. The minimum Gasteiger partial charge on any atom is -0.314 e. The molecule has 2 nitrogen and oxygen atoms in total. The van der Waals surface area contributed by atoms with Crippen molar-refractivity contribution in [1.82, 2.24) is 10.2 Å². The summed E-state index contributed by atoms with van der Waals surface area (Å²) in [5, 5.41) is 3.51. The van der Waals surface area contributed by atoms with Gasteiger partial charge in [0.25, 0.3) is 0 Å². The standard InChI is InChI=1S/C14H30N2/c1-6-13-9-15-7-8-16(13)10-14(11(2)3)12(4)5/h11-15H,6-10H2,1-5H3. The lowest BCUT2D eigenvalue weighted by Gasteiger charge is -2.40. The molecule has 0 aromatic heterocycles. The highest BCUT2D eigenvalue weighted by molar-refractivity contribution is 4.82. The van der Waals surface area contributed by atoms with Crippen molar-refractivity contribution >= 4 is 0 Å². The lowest BCUT2D eigenvalue weighted by atomic mass is 9.84. The van der Waals surface area contributed by atoms with Crippen LogP contribution in [0.3, 0.4) is 0 Å². The maximum atomic E-state index is 3.51. The monoisotopic (exact) mass is 226 g/mol. The van der Waals surface area contributed by atoms with Crippen molar-refractivity contribution in [3.63, 3.8) is 0 Å². The molecule has 0 saturated carbocycles. The minimum atomic E-state index is 0.758. The van der Waals surface area contributed by atoms with Crippen LogP contribution >= 0.6 is 0 Å². The van der Waals surface area contributed by atoms with Gasteiger partial charge in [-0.1, -0.05) is 34.6 Å². The van der Waals surface area contributed by atoms with Gasteiger partial charge in [0.2, 0.25) is 0 Å². The molecule has 0 bridgehead atoms. The predicted molar refractivity (Wildman–Crippen MR) is 71.7 cm³/mol. The van der Waals surface area contributed by atoms with Crippen LogP contribution in [0.4, 0.5) is 0 Å². The molecular formula is C14H30N2. The molecule has 1 N–H and O–H groups in total. The average Bonchev–Trinajstić information content (AvgIpc) is 2.25. The Bertz CT molecular complexity index is 181. The summed E-state index contributed by atoms with van der Waals surface area (Å²) in [6.07, 6.45) is 1.27. The fourth-order valence-corrected chi connectivity index (χ4v) is 2.91. The zero-order valence-corrected chi connectivity index (χ0v) is 11.8. The zero-order valence-electron chi connectivity index (χ0n) is 11.8. The zero-order chi connectivity index (χ0) is 12.1. The molecule has 0 aromatic carbocycles. The molecule has 0 spiro atoms. The maximum absolute atomic E-state index is 3.51. The third-order valence-electron chi connectivity index (χ3n) is 4.10. The van der Waals surface area contributed by atoms with Crippen LogP contribution in [0.15, 0.2) is 0 Å². The molecule has 1 fully saturated rings. The van der Waals surface area contributed by atoms with Gasteiger partial charge in [0, 0.05) is 32.2 Å². The number of rotatable bonds is 5. The van der Waals surface area contributed by atoms with Crippen molar-refractivity contribution in [2.75, 3.05) is 26.2 Å². The minimum absolute atomic E-state index is 0.758. The summed E-state index contributed by atoms with van der Waals surface area (Å²) in [6.45, 7) is 16.6. The Hall–Kier alpha value is -0.0800. The van der Waals surface area contributed by atoms with Crippen molar-refractivity contribution < 1.29 is 0 Å². The summed E-state index contributed by atoms with van der Waals surface area (Å²) < 4.78 is 0. The van der Waals surface area contributed by atoms with Crippen molar-refractivity contribution in [2.24, 2.45) is 17.8 Å². The highest BCUT2D eigenvalue weighted by atomic mass is 15.2. The maximum Gasteiger partial charge on any atom is 0.0218 e. The fraction of sp³-hybridized carbons (Fsp3) is 1.00. The first-order chi connectivity index (χ1) is 7.56. The van der Waals surface area contributed by atoms with E-state index in [4.69, 9.17) is 0 Å².